The summed E-state index contributed by atoms with van der Waals surface area (Å²) < 4.78 is 0. The summed E-state index contributed by atoms with van der Waals surface area (Å²) in [6, 6.07) is 19.3. The third-order valence-corrected chi connectivity index (χ3v) is 11.6. The summed E-state index contributed by atoms with van der Waals surface area (Å²) in [5, 5.41) is 13.6. The van der Waals surface area contributed by atoms with Crippen LogP contribution in [0, 0.1) is 38.7 Å². The second-order valence-corrected chi connectivity index (χ2v) is 14.0. The van der Waals surface area contributed by atoms with Gasteiger partial charge in [-0.3, -0.25) is 9.78 Å². The van der Waals surface area contributed by atoms with Gasteiger partial charge in [-0.1, -0.05) is 107 Å². The van der Waals surface area contributed by atoms with E-state index in [4.69, 9.17) is 4.98 Å². The predicted molar refractivity (Wildman–Crippen MR) is 190 cm³/mol. The van der Waals surface area contributed by atoms with Crippen LogP contribution in [0.5, 0.6) is 0 Å². The van der Waals surface area contributed by atoms with E-state index in [1.54, 1.807) is 0 Å². The van der Waals surface area contributed by atoms with E-state index in [1.807, 2.05) is 27.7 Å². The molecule has 2 atom stereocenters. The van der Waals surface area contributed by atoms with Crippen LogP contribution in [0.2, 0.25) is 0 Å². The van der Waals surface area contributed by atoms with Crippen LogP contribution in [-0.2, 0) is 35.7 Å². The monoisotopic (exact) mass is 795 g/mol. The number of pyridine rings is 1. The van der Waals surface area contributed by atoms with Crippen LogP contribution in [0.25, 0.3) is 32.9 Å². The topological polar surface area (TPSA) is 50.2 Å². The van der Waals surface area contributed by atoms with E-state index in [9.17, 15) is 9.90 Å². The number of aliphatic hydroxyl groups is 1. The van der Waals surface area contributed by atoms with Gasteiger partial charge in [0.1, 0.15) is 0 Å². The first-order chi connectivity index (χ1) is 21.4. The Hall–Kier alpha value is -2.81. The minimum atomic E-state index is 0. The Bertz CT molecular complexity index is 1780. The first kappa shape index (κ1) is 36.0. The predicted octanol–water partition coefficient (Wildman–Crippen LogP) is 11.4. The molecule has 0 amide bonds. The molecular formula is C42H52IrNO2-. The first-order valence-corrected chi connectivity index (χ1v) is 17.3. The van der Waals surface area contributed by atoms with Gasteiger partial charge in [0.25, 0.3) is 0 Å². The molecule has 6 rings (SSSR count). The largest absolute Gasteiger partial charge is 0.512 e. The normalized spacial score (nSPS) is 20.2. The number of aromatic nitrogens is 1. The number of hydrogen-bond donors (Lipinski definition) is 1. The number of allylic oxidation sites excluding steroid dienone is 2. The molecule has 1 radical (unpaired) electrons. The van der Waals surface area contributed by atoms with Gasteiger partial charge in [0.05, 0.1) is 11.3 Å². The maximum atomic E-state index is 11.7. The van der Waals surface area contributed by atoms with Gasteiger partial charge in [-0.25, -0.2) is 0 Å². The van der Waals surface area contributed by atoms with Crippen molar-refractivity contribution in [3.63, 3.8) is 0 Å². The van der Waals surface area contributed by atoms with Crippen LogP contribution >= 0.6 is 0 Å². The molecule has 1 N–H and O–H groups in total. The first-order valence-electron chi connectivity index (χ1n) is 17.3. The third kappa shape index (κ3) is 5.90. The molecule has 1 aromatic heterocycles. The Labute approximate surface area is 290 Å². The summed E-state index contributed by atoms with van der Waals surface area (Å²) in [7, 11) is 0. The van der Waals surface area contributed by atoms with Crippen LogP contribution in [0.1, 0.15) is 114 Å². The van der Waals surface area contributed by atoms with E-state index < -0.39 is 0 Å². The number of para-hydroxylation sites is 1. The molecule has 4 heteroatoms. The molecule has 247 valence electrons. The quantitative estimate of drug-likeness (QED) is 0.115. The fourth-order valence-electron chi connectivity index (χ4n) is 8.63. The van der Waals surface area contributed by atoms with Crippen molar-refractivity contribution in [3.05, 3.63) is 88.2 Å². The van der Waals surface area contributed by atoms with Crippen molar-refractivity contribution < 1.29 is 30.0 Å². The van der Waals surface area contributed by atoms with Crippen molar-refractivity contribution >= 4 is 27.5 Å². The molecule has 4 aromatic rings. The summed E-state index contributed by atoms with van der Waals surface area (Å²) in [6.45, 7) is 19.9. The zero-order chi connectivity index (χ0) is 32.7. The van der Waals surface area contributed by atoms with Gasteiger partial charge in [0.15, 0.2) is 5.78 Å². The fourth-order valence-corrected chi connectivity index (χ4v) is 8.63. The number of fused-ring (bicyclic) bond motifs is 8. The number of ketones is 1. The second kappa shape index (κ2) is 14.1. The van der Waals surface area contributed by atoms with Crippen molar-refractivity contribution in [3.8, 4) is 11.3 Å². The van der Waals surface area contributed by atoms with Crippen molar-refractivity contribution in [1.29, 1.82) is 0 Å². The fraction of sp³-hybridized carbons (Fsp3) is 0.476. The van der Waals surface area contributed by atoms with Crippen molar-refractivity contribution in [2.24, 2.45) is 11.8 Å². The molecule has 1 heterocycles. The number of nitrogens with zero attached hydrogens (tertiary/aromatic N) is 1. The molecule has 2 unspecified atom stereocenters. The standard InChI is InChI=1S/C29H28N.C13H24O2.Ir/c1-17-11-12-20-16-23-25(19(3)22(20)15-17)28(4)13-8-14-29(28,5)26-18(2)21-9-6-7-10-24(21)30-27(23)26;1-5-10(6-2)12(14)9-13(15)11(7-3)8-4;/h6-7,9-12,15H,8,13-14H2,1-5H3;9-11,14H,5-8H2,1-4H3;/q-1;;/b;12-9-;. The SMILES string of the molecule is CCC(CC)C(=O)/C=C(\O)C(CC)CC.Cc1ccc2[c-]c3c(c(C)c2c1)C1(C)CCCC1(C)c1c-3nc2ccccc2c1C.[Ir]. The Morgan fingerprint density at radius 2 is 1.46 bits per heavy atom. The summed E-state index contributed by atoms with van der Waals surface area (Å²) in [5.41, 5.74) is 10.8. The third-order valence-electron chi connectivity index (χ3n) is 11.6. The summed E-state index contributed by atoms with van der Waals surface area (Å²) in [5.74, 6) is 0.547. The molecule has 3 aromatic carbocycles. The van der Waals surface area contributed by atoms with Gasteiger partial charge in [0, 0.05) is 49.1 Å². The van der Waals surface area contributed by atoms with Gasteiger partial charge in [-0.15, -0.1) is 23.1 Å². The number of hydrogen-bond acceptors (Lipinski definition) is 3. The van der Waals surface area contributed by atoms with Gasteiger partial charge in [0.2, 0.25) is 0 Å². The molecule has 46 heavy (non-hydrogen) atoms. The van der Waals surface area contributed by atoms with Crippen LogP contribution < -0.4 is 0 Å². The molecule has 1 fully saturated rings. The Balaban J connectivity index is 0.000000259. The van der Waals surface area contributed by atoms with E-state index in [0.717, 1.165) is 31.2 Å². The molecule has 3 nitrogen and oxygen atoms in total. The molecule has 0 bridgehead atoms. The summed E-state index contributed by atoms with van der Waals surface area (Å²) in [4.78, 5) is 17.0. The van der Waals surface area contributed by atoms with Crippen LogP contribution in [0.4, 0.5) is 0 Å². The van der Waals surface area contributed by atoms with Crippen molar-refractivity contribution in [1.82, 2.24) is 4.98 Å². The molecule has 2 aliphatic carbocycles. The molecule has 2 aliphatic rings. The van der Waals surface area contributed by atoms with Crippen molar-refractivity contribution in [2.75, 3.05) is 0 Å². The average Bonchev–Trinajstić information content (AvgIpc) is 3.34. The molecule has 0 saturated heterocycles. The van der Waals surface area contributed by atoms with E-state index in [1.165, 1.54) is 80.6 Å². The van der Waals surface area contributed by atoms with E-state index in [2.05, 4.69) is 83.1 Å². The maximum Gasteiger partial charge on any atom is 0.162 e. The number of aliphatic hydroxyl groups excluding tert-OH is 1. The number of rotatable bonds is 7. The number of aryl methyl sites for hydroxylation is 3. The summed E-state index contributed by atoms with van der Waals surface area (Å²) >= 11 is 0. The van der Waals surface area contributed by atoms with E-state index in [0.29, 0.717) is 0 Å². The minimum absolute atomic E-state index is 0. The summed E-state index contributed by atoms with van der Waals surface area (Å²) in [6.07, 6.45) is 8.63. The van der Waals surface area contributed by atoms with Crippen LogP contribution in [-0.4, -0.2) is 15.9 Å². The Kier molecular flexibility index (Phi) is 11.1. The smallest absolute Gasteiger partial charge is 0.162 e. The van der Waals surface area contributed by atoms with Crippen LogP contribution in [0.15, 0.2) is 54.3 Å². The van der Waals surface area contributed by atoms with Gasteiger partial charge in [-0.2, -0.15) is 0 Å². The van der Waals surface area contributed by atoms with Crippen molar-refractivity contribution in [2.45, 2.75) is 118 Å². The number of carbonyl (C=O) groups is 1. The zero-order valence-electron chi connectivity index (χ0n) is 29.4. The maximum absolute atomic E-state index is 11.7. The van der Waals surface area contributed by atoms with E-state index in [-0.39, 0.29) is 54.3 Å². The number of benzene rings is 3. The van der Waals surface area contributed by atoms with Crippen LogP contribution in [0.3, 0.4) is 0 Å². The molecule has 0 spiro atoms. The number of carbonyl (C=O) groups excluding carboxylic acids is 1. The molecule has 0 aliphatic heterocycles. The van der Waals surface area contributed by atoms with Gasteiger partial charge in [-0.05, 0) is 80.4 Å². The Morgan fingerprint density at radius 3 is 2.09 bits per heavy atom. The van der Waals surface area contributed by atoms with Gasteiger partial charge >= 0.3 is 0 Å². The molecular weight excluding hydrogens is 743 g/mol. The van der Waals surface area contributed by atoms with E-state index >= 15 is 0 Å². The zero-order valence-corrected chi connectivity index (χ0v) is 31.8. The minimum Gasteiger partial charge on any atom is -0.512 e. The molecule has 1 saturated carbocycles. The van der Waals surface area contributed by atoms with Gasteiger partial charge < -0.3 is 5.11 Å². The average molecular weight is 795 g/mol. The second-order valence-electron chi connectivity index (χ2n) is 14.0. The Morgan fingerprint density at radius 1 is 0.870 bits per heavy atom.